The molecule has 1 fully saturated rings. The van der Waals surface area contributed by atoms with Crippen LogP contribution in [-0.2, 0) is 4.79 Å². The largest absolute Gasteiger partial charge is 0.395 e. The lowest BCUT2D eigenvalue weighted by molar-refractivity contribution is -0.136. The molecule has 4 heteroatoms. The van der Waals surface area contributed by atoms with Gasteiger partial charge in [0.2, 0.25) is 5.91 Å². The standard InChI is InChI=1S/C12H24N2O2/c1-2-14(8-9-15)12(16)10-6-4-3-5-7-11(10)13/h10-11,15H,2-9,13H2,1H3. The number of likely N-dealkylation sites (N-methyl/N-ethyl adjacent to an activating group) is 1. The van der Waals surface area contributed by atoms with Crippen LogP contribution in [0.3, 0.4) is 0 Å². The number of hydrogen-bond donors (Lipinski definition) is 2. The summed E-state index contributed by atoms with van der Waals surface area (Å²) in [5, 5.41) is 8.91. The summed E-state index contributed by atoms with van der Waals surface area (Å²) in [5.41, 5.74) is 6.06. The molecule has 1 aliphatic rings. The zero-order valence-corrected chi connectivity index (χ0v) is 10.2. The van der Waals surface area contributed by atoms with Crippen LogP contribution < -0.4 is 5.73 Å². The molecule has 0 bridgehead atoms. The second kappa shape index (κ2) is 6.86. The van der Waals surface area contributed by atoms with Crippen LogP contribution in [-0.4, -0.2) is 41.7 Å². The first kappa shape index (κ1) is 13.5. The molecule has 1 aliphatic carbocycles. The molecule has 3 N–H and O–H groups in total. The number of carbonyl (C=O) groups excluding carboxylic acids is 1. The van der Waals surface area contributed by atoms with E-state index in [0.717, 1.165) is 25.7 Å². The fourth-order valence-electron chi connectivity index (χ4n) is 2.42. The van der Waals surface area contributed by atoms with E-state index in [9.17, 15) is 4.79 Å². The third kappa shape index (κ3) is 3.46. The van der Waals surface area contributed by atoms with E-state index in [4.69, 9.17) is 10.8 Å². The van der Waals surface area contributed by atoms with Gasteiger partial charge in [-0.15, -0.1) is 0 Å². The normalized spacial score (nSPS) is 26.2. The molecule has 0 aliphatic heterocycles. The van der Waals surface area contributed by atoms with Crippen molar-refractivity contribution < 1.29 is 9.90 Å². The first-order chi connectivity index (χ1) is 7.70. The summed E-state index contributed by atoms with van der Waals surface area (Å²) in [7, 11) is 0. The Hall–Kier alpha value is -0.610. The quantitative estimate of drug-likeness (QED) is 0.697. The molecule has 0 aromatic carbocycles. The summed E-state index contributed by atoms with van der Waals surface area (Å²) >= 11 is 0. The van der Waals surface area contributed by atoms with E-state index in [2.05, 4.69) is 0 Å². The summed E-state index contributed by atoms with van der Waals surface area (Å²) in [6, 6.07) is 0.00254. The minimum absolute atomic E-state index is 0.00254. The van der Waals surface area contributed by atoms with Gasteiger partial charge in [-0.3, -0.25) is 4.79 Å². The lowest BCUT2D eigenvalue weighted by atomic mass is 9.94. The van der Waals surface area contributed by atoms with Crippen LogP contribution in [0.15, 0.2) is 0 Å². The van der Waals surface area contributed by atoms with Gasteiger partial charge in [-0.05, 0) is 19.8 Å². The second-order valence-electron chi connectivity index (χ2n) is 4.55. The summed E-state index contributed by atoms with van der Waals surface area (Å²) in [5.74, 6) is 0.0972. The highest BCUT2D eigenvalue weighted by Crippen LogP contribution is 2.23. The molecule has 0 aromatic heterocycles. The van der Waals surface area contributed by atoms with Crippen molar-refractivity contribution >= 4 is 5.91 Å². The molecule has 16 heavy (non-hydrogen) atoms. The lowest BCUT2D eigenvalue weighted by Gasteiger charge is -2.28. The summed E-state index contributed by atoms with van der Waals surface area (Å²) in [4.78, 5) is 13.9. The molecule has 4 nitrogen and oxygen atoms in total. The van der Waals surface area contributed by atoms with Gasteiger partial charge in [0.05, 0.1) is 12.5 Å². The van der Waals surface area contributed by atoms with Crippen molar-refractivity contribution in [1.82, 2.24) is 4.90 Å². The fraction of sp³-hybridized carbons (Fsp3) is 0.917. The van der Waals surface area contributed by atoms with E-state index < -0.39 is 0 Å². The molecule has 1 rings (SSSR count). The van der Waals surface area contributed by atoms with Crippen LogP contribution in [0.25, 0.3) is 0 Å². The molecule has 2 atom stereocenters. The van der Waals surface area contributed by atoms with Crippen LogP contribution in [0.2, 0.25) is 0 Å². The molecular weight excluding hydrogens is 204 g/mol. The molecule has 0 radical (unpaired) electrons. The van der Waals surface area contributed by atoms with Gasteiger partial charge in [0.1, 0.15) is 0 Å². The smallest absolute Gasteiger partial charge is 0.227 e. The SMILES string of the molecule is CCN(CCO)C(=O)C1CCCCCC1N. The van der Waals surface area contributed by atoms with E-state index in [-0.39, 0.29) is 24.5 Å². The zero-order valence-electron chi connectivity index (χ0n) is 10.2. The lowest BCUT2D eigenvalue weighted by Crippen LogP contribution is -2.44. The van der Waals surface area contributed by atoms with E-state index in [1.54, 1.807) is 4.90 Å². The first-order valence-electron chi connectivity index (χ1n) is 6.36. The monoisotopic (exact) mass is 228 g/mol. The van der Waals surface area contributed by atoms with E-state index in [1.807, 2.05) is 6.92 Å². The number of nitrogens with zero attached hydrogens (tertiary/aromatic N) is 1. The van der Waals surface area contributed by atoms with Crippen molar-refractivity contribution in [3.63, 3.8) is 0 Å². The van der Waals surface area contributed by atoms with Gasteiger partial charge in [-0.2, -0.15) is 0 Å². The highest BCUT2D eigenvalue weighted by atomic mass is 16.3. The maximum absolute atomic E-state index is 12.2. The number of hydrogen-bond acceptors (Lipinski definition) is 3. The summed E-state index contributed by atoms with van der Waals surface area (Å²) < 4.78 is 0. The van der Waals surface area contributed by atoms with Gasteiger partial charge >= 0.3 is 0 Å². The number of aliphatic hydroxyl groups excluding tert-OH is 1. The predicted octanol–water partition coefficient (Wildman–Crippen LogP) is 0.735. The molecule has 0 spiro atoms. The van der Waals surface area contributed by atoms with Gasteiger partial charge in [-0.1, -0.05) is 19.3 Å². The van der Waals surface area contributed by atoms with Crippen molar-refractivity contribution in [2.24, 2.45) is 11.7 Å². The minimum atomic E-state index is -0.0333. The minimum Gasteiger partial charge on any atom is -0.395 e. The van der Waals surface area contributed by atoms with E-state index in [0.29, 0.717) is 13.1 Å². The van der Waals surface area contributed by atoms with Crippen molar-refractivity contribution in [3.05, 3.63) is 0 Å². The van der Waals surface area contributed by atoms with E-state index in [1.165, 1.54) is 6.42 Å². The Morgan fingerprint density at radius 3 is 2.69 bits per heavy atom. The molecule has 94 valence electrons. The van der Waals surface area contributed by atoms with Crippen molar-refractivity contribution in [2.45, 2.75) is 45.1 Å². The Morgan fingerprint density at radius 2 is 2.06 bits per heavy atom. The van der Waals surface area contributed by atoms with Gasteiger partial charge in [0.25, 0.3) is 0 Å². The van der Waals surface area contributed by atoms with Crippen LogP contribution in [0.1, 0.15) is 39.0 Å². The molecular formula is C12H24N2O2. The third-order valence-electron chi connectivity index (χ3n) is 3.45. The van der Waals surface area contributed by atoms with Crippen molar-refractivity contribution in [3.8, 4) is 0 Å². The first-order valence-corrected chi connectivity index (χ1v) is 6.36. The molecule has 0 aromatic rings. The van der Waals surface area contributed by atoms with Crippen LogP contribution >= 0.6 is 0 Å². The maximum Gasteiger partial charge on any atom is 0.227 e. The fourth-order valence-corrected chi connectivity index (χ4v) is 2.42. The van der Waals surface area contributed by atoms with Gasteiger partial charge in [0.15, 0.2) is 0 Å². The van der Waals surface area contributed by atoms with Crippen molar-refractivity contribution in [2.75, 3.05) is 19.7 Å². The Bertz CT molecular complexity index is 221. The average Bonchev–Trinajstić information content (AvgIpc) is 2.50. The summed E-state index contributed by atoms with van der Waals surface area (Å²) in [6.45, 7) is 3.05. The number of carbonyl (C=O) groups is 1. The Kier molecular flexibility index (Phi) is 5.77. The van der Waals surface area contributed by atoms with Gasteiger partial charge < -0.3 is 15.7 Å². The number of nitrogens with two attached hydrogens (primary N) is 1. The van der Waals surface area contributed by atoms with Crippen LogP contribution in [0.5, 0.6) is 0 Å². The molecule has 0 heterocycles. The Balaban J connectivity index is 2.61. The second-order valence-corrected chi connectivity index (χ2v) is 4.55. The molecule has 1 amide bonds. The predicted molar refractivity (Wildman–Crippen MR) is 63.9 cm³/mol. The van der Waals surface area contributed by atoms with Gasteiger partial charge in [-0.25, -0.2) is 0 Å². The zero-order chi connectivity index (χ0) is 12.0. The highest BCUT2D eigenvalue weighted by Gasteiger charge is 2.29. The average molecular weight is 228 g/mol. The van der Waals surface area contributed by atoms with Gasteiger partial charge in [0, 0.05) is 19.1 Å². The van der Waals surface area contributed by atoms with Crippen LogP contribution in [0.4, 0.5) is 0 Å². The van der Waals surface area contributed by atoms with Crippen molar-refractivity contribution in [1.29, 1.82) is 0 Å². The number of aliphatic hydroxyl groups is 1. The number of amides is 1. The Labute approximate surface area is 97.8 Å². The topological polar surface area (TPSA) is 66.6 Å². The number of rotatable bonds is 4. The Morgan fingerprint density at radius 1 is 1.38 bits per heavy atom. The molecule has 0 saturated heterocycles. The summed E-state index contributed by atoms with van der Waals surface area (Å²) in [6.07, 6.45) is 5.27. The molecule has 2 unspecified atom stereocenters. The van der Waals surface area contributed by atoms with Crippen LogP contribution in [0, 0.1) is 5.92 Å². The highest BCUT2D eigenvalue weighted by molar-refractivity contribution is 5.79. The van der Waals surface area contributed by atoms with E-state index >= 15 is 0 Å². The maximum atomic E-state index is 12.2. The third-order valence-corrected chi connectivity index (χ3v) is 3.45. The molecule has 1 saturated carbocycles.